The lowest BCUT2D eigenvalue weighted by Gasteiger charge is -2.11. The van der Waals surface area contributed by atoms with Gasteiger partial charge < -0.3 is 16.8 Å². The lowest BCUT2D eigenvalue weighted by atomic mass is 9.98. The number of nitrogens with one attached hydrogen (secondary N) is 2. The topological polar surface area (TPSA) is 122 Å². The molecule has 0 aromatic heterocycles. The molecule has 28 heavy (non-hydrogen) atoms. The minimum absolute atomic E-state index is 0.139. The number of hydrogen-bond acceptors (Lipinski definition) is 4. The van der Waals surface area contributed by atoms with Crippen molar-refractivity contribution in [3.63, 3.8) is 0 Å². The maximum absolute atomic E-state index is 12.3. The van der Waals surface area contributed by atoms with E-state index in [1.807, 2.05) is 30.3 Å². The molecular weight excluding hydrogens is 352 g/mol. The smallest absolute Gasteiger partial charge is 0.248 e. The number of rotatable bonds is 6. The van der Waals surface area contributed by atoms with Crippen LogP contribution in [0.25, 0.3) is 0 Å². The van der Waals surface area contributed by atoms with Crippen molar-refractivity contribution in [3.05, 3.63) is 95.1 Å². The Labute approximate surface area is 162 Å². The Kier molecular flexibility index (Phi) is 5.50. The minimum atomic E-state index is -0.587. The van der Waals surface area contributed by atoms with Crippen molar-refractivity contribution < 1.29 is 9.59 Å². The van der Waals surface area contributed by atoms with Gasteiger partial charge in [-0.1, -0.05) is 42.5 Å². The van der Waals surface area contributed by atoms with E-state index in [2.05, 4.69) is 5.32 Å². The van der Waals surface area contributed by atoms with Crippen molar-refractivity contribution in [1.29, 1.82) is 5.41 Å². The molecule has 0 aliphatic heterocycles. The summed E-state index contributed by atoms with van der Waals surface area (Å²) in [6.45, 7) is 0. The maximum Gasteiger partial charge on any atom is 0.248 e. The van der Waals surface area contributed by atoms with Crippen LogP contribution in [0.3, 0.4) is 0 Å². The molecule has 3 rings (SSSR count). The molecule has 0 unspecified atom stereocenters. The first-order valence-electron chi connectivity index (χ1n) is 8.66. The summed E-state index contributed by atoms with van der Waals surface area (Å²) in [5.41, 5.74) is 14.5. The zero-order valence-corrected chi connectivity index (χ0v) is 15.1. The summed E-state index contributed by atoms with van der Waals surface area (Å²) < 4.78 is 0. The second-order valence-electron chi connectivity index (χ2n) is 6.33. The van der Waals surface area contributed by atoms with Crippen LogP contribution in [-0.2, 0) is 11.2 Å². The van der Waals surface area contributed by atoms with Crippen molar-refractivity contribution in [3.8, 4) is 0 Å². The standard InChI is InChI=1S/C22H20N4O2/c23-19-10-9-16(22(25)28)13-18(19)21(24)15-7-4-8-17(12-15)26-20(27)11-14-5-2-1-3-6-14/h1-10,12-13,24H,11,23H2,(H2,25,28)(H,26,27). The summed E-state index contributed by atoms with van der Waals surface area (Å²) in [5, 5.41) is 11.3. The van der Waals surface area contributed by atoms with Crippen LogP contribution in [0, 0.1) is 5.41 Å². The summed E-state index contributed by atoms with van der Waals surface area (Å²) >= 11 is 0. The monoisotopic (exact) mass is 372 g/mol. The molecule has 3 aromatic rings. The van der Waals surface area contributed by atoms with Gasteiger partial charge in [-0.2, -0.15) is 0 Å². The number of carbonyl (C=O) groups excluding carboxylic acids is 2. The van der Waals surface area contributed by atoms with Gasteiger partial charge in [0.2, 0.25) is 11.8 Å². The van der Waals surface area contributed by atoms with Gasteiger partial charge in [-0.15, -0.1) is 0 Å². The molecule has 0 bridgehead atoms. The summed E-state index contributed by atoms with van der Waals surface area (Å²) in [5.74, 6) is -0.735. The van der Waals surface area contributed by atoms with Gasteiger partial charge in [0.15, 0.2) is 0 Å². The Morgan fingerprint density at radius 3 is 2.36 bits per heavy atom. The van der Waals surface area contributed by atoms with Crippen molar-refractivity contribution in [2.75, 3.05) is 11.1 Å². The Morgan fingerprint density at radius 1 is 0.893 bits per heavy atom. The molecule has 0 fully saturated rings. The molecule has 6 heteroatoms. The summed E-state index contributed by atoms with van der Waals surface area (Å²) in [6.07, 6.45) is 0.260. The van der Waals surface area contributed by atoms with Crippen LogP contribution < -0.4 is 16.8 Å². The molecule has 0 aliphatic carbocycles. The molecule has 0 saturated carbocycles. The Hall–Kier alpha value is -3.93. The highest BCUT2D eigenvalue weighted by Crippen LogP contribution is 2.20. The number of nitrogens with two attached hydrogens (primary N) is 2. The number of carbonyl (C=O) groups is 2. The highest BCUT2D eigenvalue weighted by Gasteiger charge is 2.13. The van der Waals surface area contributed by atoms with Crippen molar-refractivity contribution in [2.24, 2.45) is 5.73 Å². The fourth-order valence-corrected chi connectivity index (χ4v) is 2.82. The molecule has 0 radical (unpaired) electrons. The maximum atomic E-state index is 12.3. The SMILES string of the molecule is N=C(c1cccc(NC(=O)Cc2ccccc2)c1)c1cc(C(N)=O)ccc1N. The van der Waals surface area contributed by atoms with Crippen molar-refractivity contribution in [1.82, 2.24) is 0 Å². The number of amides is 2. The van der Waals surface area contributed by atoms with E-state index in [0.717, 1.165) is 5.56 Å². The molecule has 6 N–H and O–H groups in total. The second-order valence-corrected chi connectivity index (χ2v) is 6.33. The Morgan fingerprint density at radius 2 is 1.64 bits per heavy atom. The zero-order valence-electron chi connectivity index (χ0n) is 15.1. The van der Waals surface area contributed by atoms with Crippen LogP contribution in [0.4, 0.5) is 11.4 Å². The number of primary amides is 1. The Bertz CT molecular complexity index is 1050. The molecule has 0 atom stereocenters. The van der Waals surface area contributed by atoms with Crippen LogP contribution in [-0.4, -0.2) is 17.5 Å². The quantitative estimate of drug-likeness (QED) is 0.393. The van der Waals surface area contributed by atoms with Crippen LogP contribution in [0.1, 0.15) is 27.0 Å². The van der Waals surface area contributed by atoms with E-state index in [1.165, 1.54) is 12.1 Å². The van der Waals surface area contributed by atoms with E-state index in [-0.39, 0.29) is 23.6 Å². The van der Waals surface area contributed by atoms with E-state index in [9.17, 15) is 9.59 Å². The van der Waals surface area contributed by atoms with E-state index in [4.69, 9.17) is 16.9 Å². The summed E-state index contributed by atoms with van der Waals surface area (Å²) in [6, 6.07) is 21.0. The molecule has 6 nitrogen and oxygen atoms in total. The van der Waals surface area contributed by atoms with Gasteiger partial charge in [-0.05, 0) is 35.9 Å². The second kappa shape index (κ2) is 8.18. The van der Waals surface area contributed by atoms with Gasteiger partial charge >= 0.3 is 0 Å². The van der Waals surface area contributed by atoms with E-state index in [1.54, 1.807) is 30.3 Å². The van der Waals surface area contributed by atoms with Gasteiger partial charge in [-0.25, -0.2) is 0 Å². The summed E-state index contributed by atoms with van der Waals surface area (Å²) in [7, 11) is 0. The first-order valence-corrected chi connectivity index (χ1v) is 8.66. The molecule has 3 aromatic carbocycles. The molecule has 2 amide bonds. The van der Waals surface area contributed by atoms with Crippen LogP contribution in [0.2, 0.25) is 0 Å². The average Bonchev–Trinajstić information content (AvgIpc) is 2.68. The van der Waals surface area contributed by atoms with Gasteiger partial charge in [0.05, 0.1) is 12.1 Å². The Balaban J connectivity index is 1.79. The third kappa shape index (κ3) is 4.42. The number of hydrogen-bond donors (Lipinski definition) is 4. The predicted molar refractivity (Wildman–Crippen MR) is 111 cm³/mol. The number of anilines is 2. The molecule has 0 aliphatic rings. The van der Waals surface area contributed by atoms with Gasteiger partial charge in [0.25, 0.3) is 0 Å². The molecule has 0 saturated heterocycles. The van der Waals surface area contributed by atoms with Gasteiger partial charge in [0, 0.05) is 28.1 Å². The highest BCUT2D eigenvalue weighted by atomic mass is 16.1. The fraction of sp³-hybridized carbons (Fsp3) is 0.0455. The first-order chi connectivity index (χ1) is 13.4. The molecular formula is C22H20N4O2. The number of nitrogen functional groups attached to an aromatic ring is 1. The first kappa shape index (κ1) is 18.8. The molecule has 140 valence electrons. The lowest BCUT2D eigenvalue weighted by Crippen LogP contribution is -2.15. The number of benzene rings is 3. The lowest BCUT2D eigenvalue weighted by molar-refractivity contribution is -0.115. The highest BCUT2D eigenvalue weighted by molar-refractivity contribution is 6.15. The fourth-order valence-electron chi connectivity index (χ4n) is 2.82. The largest absolute Gasteiger partial charge is 0.398 e. The van der Waals surface area contributed by atoms with Crippen LogP contribution in [0.5, 0.6) is 0 Å². The third-order valence-electron chi connectivity index (χ3n) is 4.25. The third-order valence-corrected chi connectivity index (χ3v) is 4.25. The molecule has 0 heterocycles. The van der Waals surface area contributed by atoms with Crippen molar-refractivity contribution >= 4 is 28.9 Å². The van der Waals surface area contributed by atoms with E-state index >= 15 is 0 Å². The normalized spacial score (nSPS) is 10.3. The summed E-state index contributed by atoms with van der Waals surface area (Å²) in [4.78, 5) is 23.7. The van der Waals surface area contributed by atoms with Crippen LogP contribution in [0.15, 0.2) is 72.8 Å². The minimum Gasteiger partial charge on any atom is -0.398 e. The van der Waals surface area contributed by atoms with Gasteiger partial charge in [-0.3, -0.25) is 15.0 Å². The van der Waals surface area contributed by atoms with E-state index in [0.29, 0.717) is 22.5 Å². The van der Waals surface area contributed by atoms with E-state index < -0.39 is 5.91 Å². The predicted octanol–water partition coefficient (Wildman–Crippen LogP) is 2.97. The zero-order chi connectivity index (χ0) is 20.1. The average molecular weight is 372 g/mol. The van der Waals surface area contributed by atoms with Gasteiger partial charge in [0.1, 0.15) is 0 Å². The van der Waals surface area contributed by atoms with Crippen LogP contribution >= 0.6 is 0 Å². The van der Waals surface area contributed by atoms with Crippen molar-refractivity contribution in [2.45, 2.75) is 6.42 Å². The molecule has 0 spiro atoms.